The first kappa shape index (κ1) is 27.1. The maximum atomic E-state index is 11.2. The molecule has 0 aliphatic carbocycles. The van der Waals surface area contributed by atoms with Gasteiger partial charge < -0.3 is 9.79 Å². The summed E-state index contributed by atoms with van der Waals surface area (Å²) in [5.74, 6) is 0. The fourth-order valence-corrected chi connectivity index (χ4v) is 4.23. The van der Waals surface area contributed by atoms with E-state index in [1.807, 2.05) is 0 Å². The van der Waals surface area contributed by atoms with Crippen LogP contribution in [0.4, 0.5) is 0 Å². The Morgan fingerprint density at radius 2 is 0.889 bits per heavy atom. The molecule has 27 heavy (non-hydrogen) atoms. The Labute approximate surface area is 169 Å². The van der Waals surface area contributed by atoms with Crippen LogP contribution in [0.25, 0.3) is 0 Å². The van der Waals surface area contributed by atoms with Gasteiger partial charge in [-0.3, -0.25) is 4.52 Å². The van der Waals surface area contributed by atoms with Crippen LogP contribution >= 0.6 is 7.82 Å². The van der Waals surface area contributed by atoms with Gasteiger partial charge in [-0.2, -0.15) is 0 Å². The lowest BCUT2D eigenvalue weighted by atomic mass is 10.0. The standard InChI is InChI=1S/C22H47O4P/c1-3-5-7-9-11-13-15-17-19-21-22(26-27(23,24)25)20-18-16-14-12-10-8-6-4-2/h22H,3-21H2,1-2H3,(H2,23,24,25). The summed E-state index contributed by atoms with van der Waals surface area (Å²) in [7, 11) is -4.37. The lowest BCUT2D eigenvalue weighted by molar-refractivity contribution is 0.115. The van der Waals surface area contributed by atoms with E-state index in [1.54, 1.807) is 0 Å². The van der Waals surface area contributed by atoms with E-state index < -0.39 is 7.82 Å². The summed E-state index contributed by atoms with van der Waals surface area (Å²) >= 11 is 0. The van der Waals surface area contributed by atoms with Crippen molar-refractivity contribution in [3.63, 3.8) is 0 Å². The van der Waals surface area contributed by atoms with Crippen molar-refractivity contribution in [2.75, 3.05) is 0 Å². The molecule has 0 saturated heterocycles. The minimum atomic E-state index is -4.37. The summed E-state index contributed by atoms with van der Waals surface area (Å²) in [6.07, 6.45) is 22.5. The van der Waals surface area contributed by atoms with Crippen molar-refractivity contribution in [2.24, 2.45) is 0 Å². The molecule has 0 bridgehead atoms. The third-order valence-electron chi connectivity index (χ3n) is 5.30. The van der Waals surface area contributed by atoms with Crippen molar-refractivity contribution < 1.29 is 18.9 Å². The molecule has 164 valence electrons. The van der Waals surface area contributed by atoms with E-state index in [0.717, 1.165) is 38.5 Å². The molecule has 0 aromatic heterocycles. The van der Waals surface area contributed by atoms with Crippen LogP contribution < -0.4 is 0 Å². The second-order valence-electron chi connectivity index (χ2n) is 8.10. The van der Waals surface area contributed by atoms with Gasteiger partial charge in [-0.05, 0) is 12.8 Å². The van der Waals surface area contributed by atoms with E-state index in [1.165, 1.54) is 83.5 Å². The van der Waals surface area contributed by atoms with Gasteiger partial charge in [0.1, 0.15) is 0 Å². The van der Waals surface area contributed by atoms with Gasteiger partial charge in [0, 0.05) is 0 Å². The monoisotopic (exact) mass is 406 g/mol. The average molecular weight is 407 g/mol. The third-order valence-corrected chi connectivity index (χ3v) is 5.87. The molecule has 2 N–H and O–H groups in total. The molecule has 0 spiro atoms. The zero-order chi connectivity index (χ0) is 20.2. The molecule has 0 radical (unpaired) electrons. The maximum absolute atomic E-state index is 11.2. The molecule has 0 aromatic rings. The van der Waals surface area contributed by atoms with Crippen molar-refractivity contribution in [1.29, 1.82) is 0 Å². The number of hydrogen-bond donors (Lipinski definition) is 2. The average Bonchev–Trinajstić information content (AvgIpc) is 2.61. The van der Waals surface area contributed by atoms with Gasteiger partial charge >= 0.3 is 7.82 Å². The van der Waals surface area contributed by atoms with Crippen LogP contribution in [0.1, 0.15) is 136 Å². The number of phosphoric acid groups is 1. The molecule has 0 saturated carbocycles. The summed E-state index contributed by atoms with van der Waals surface area (Å²) in [5, 5.41) is 0. The van der Waals surface area contributed by atoms with Crippen LogP contribution in [-0.2, 0) is 9.09 Å². The molecule has 1 atom stereocenters. The minimum Gasteiger partial charge on any atom is -0.303 e. The zero-order valence-corrected chi connectivity index (χ0v) is 19.1. The minimum absolute atomic E-state index is 0.282. The first-order valence-electron chi connectivity index (χ1n) is 11.7. The van der Waals surface area contributed by atoms with Crippen LogP contribution in [0.2, 0.25) is 0 Å². The molecule has 4 nitrogen and oxygen atoms in total. The summed E-state index contributed by atoms with van der Waals surface area (Å²) < 4.78 is 16.2. The highest BCUT2D eigenvalue weighted by atomic mass is 31.2. The maximum Gasteiger partial charge on any atom is 0.469 e. The molecule has 0 fully saturated rings. The van der Waals surface area contributed by atoms with Gasteiger partial charge in [0.05, 0.1) is 6.10 Å². The Balaban J connectivity index is 3.74. The highest BCUT2D eigenvalue weighted by Crippen LogP contribution is 2.39. The Morgan fingerprint density at radius 1 is 0.593 bits per heavy atom. The van der Waals surface area contributed by atoms with Crippen LogP contribution in [-0.4, -0.2) is 15.9 Å². The molecular weight excluding hydrogens is 359 g/mol. The molecule has 0 amide bonds. The van der Waals surface area contributed by atoms with E-state index in [2.05, 4.69) is 13.8 Å². The largest absolute Gasteiger partial charge is 0.469 e. The lowest BCUT2D eigenvalue weighted by Crippen LogP contribution is -2.11. The van der Waals surface area contributed by atoms with Crippen LogP contribution in [0, 0.1) is 0 Å². The number of hydrogen-bond acceptors (Lipinski definition) is 2. The number of unbranched alkanes of at least 4 members (excludes halogenated alkanes) is 15. The van der Waals surface area contributed by atoms with Gasteiger partial charge in [0.25, 0.3) is 0 Å². The van der Waals surface area contributed by atoms with Crippen molar-refractivity contribution >= 4 is 7.82 Å². The predicted octanol–water partition coefficient (Wildman–Crippen LogP) is 7.92. The van der Waals surface area contributed by atoms with Gasteiger partial charge in [0.2, 0.25) is 0 Å². The third kappa shape index (κ3) is 22.3. The predicted molar refractivity (Wildman–Crippen MR) is 116 cm³/mol. The Bertz CT molecular complexity index is 343. The lowest BCUT2D eigenvalue weighted by Gasteiger charge is -2.18. The Hall–Kier alpha value is 0.110. The van der Waals surface area contributed by atoms with Crippen LogP contribution in [0.3, 0.4) is 0 Å². The number of rotatable bonds is 21. The summed E-state index contributed by atoms with van der Waals surface area (Å²) in [4.78, 5) is 18.3. The Morgan fingerprint density at radius 3 is 1.19 bits per heavy atom. The molecule has 0 aliphatic heterocycles. The molecular formula is C22H47O4P. The number of phosphoric ester groups is 1. The van der Waals surface area contributed by atoms with E-state index >= 15 is 0 Å². The topological polar surface area (TPSA) is 66.8 Å². The molecule has 0 heterocycles. The first-order valence-corrected chi connectivity index (χ1v) is 13.3. The quantitative estimate of drug-likeness (QED) is 0.150. The van der Waals surface area contributed by atoms with Crippen molar-refractivity contribution in [3.05, 3.63) is 0 Å². The summed E-state index contributed by atoms with van der Waals surface area (Å²) in [6, 6.07) is 0. The SMILES string of the molecule is CCCCCCCCCCCC(CCCCCCCCCC)OP(=O)(O)O. The highest BCUT2D eigenvalue weighted by molar-refractivity contribution is 7.46. The highest BCUT2D eigenvalue weighted by Gasteiger charge is 2.21. The van der Waals surface area contributed by atoms with E-state index in [0.29, 0.717) is 0 Å². The molecule has 0 aliphatic rings. The van der Waals surface area contributed by atoms with E-state index in [-0.39, 0.29) is 6.10 Å². The second-order valence-corrected chi connectivity index (χ2v) is 9.29. The summed E-state index contributed by atoms with van der Waals surface area (Å²) in [5.41, 5.74) is 0. The van der Waals surface area contributed by atoms with Crippen LogP contribution in [0.5, 0.6) is 0 Å². The normalized spacial score (nSPS) is 13.2. The van der Waals surface area contributed by atoms with Crippen molar-refractivity contribution in [2.45, 2.75) is 142 Å². The van der Waals surface area contributed by atoms with Gasteiger partial charge in [0.15, 0.2) is 0 Å². The molecule has 0 aromatic carbocycles. The fourth-order valence-electron chi connectivity index (χ4n) is 3.63. The summed E-state index contributed by atoms with van der Waals surface area (Å²) in [6.45, 7) is 4.47. The fraction of sp³-hybridized carbons (Fsp3) is 1.00. The second kappa shape index (κ2) is 19.4. The Kier molecular flexibility index (Phi) is 19.5. The van der Waals surface area contributed by atoms with Gasteiger partial charge in [-0.1, -0.05) is 123 Å². The van der Waals surface area contributed by atoms with Crippen LogP contribution in [0.15, 0.2) is 0 Å². The smallest absolute Gasteiger partial charge is 0.303 e. The van der Waals surface area contributed by atoms with E-state index in [9.17, 15) is 4.57 Å². The zero-order valence-electron chi connectivity index (χ0n) is 18.2. The van der Waals surface area contributed by atoms with Crippen molar-refractivity contribution in [3.8, 4) is 0 Å². The van der Waals surface area contributed by atoms with Gasteiger partial charge in [-0.25, -0.2) is 4.57 Å². The first-order chi connectivity index (χ1) is 13.0. The van der Waals surface area contributed by atoms with Crippen molar-refractivity contribution in [1.82, 2.24) is 0 Å². The molecule has 0 rings (SSSR count). The molecule has 1 unspecified atom stereocenters. The van der Waals surface area contributed by atoms with Gasteiger partial charge in [-0.15, -0.1) is 0 Å². The molecule has 5 heteroatoms. The van der Waals surface area contributed by atoms with E-state index in [4.69, 9.17) is 14.3 Å².